The average Bonchev–Trinajstić information content (AvgIpc) is 3.64. The molecule has 7 rings (SSSR count). The van der Waals surface area contributed by atoms with Gasteiger partial charge in [-0.3, -0.25) is 24.7 Å². The predicted octanol–water partition coefficient (Wildman–Crippen LogP) is 7.98. The Labute approximate surface area is 432 Å². The number of ether oxygens (including phenoxy) is 3. The summed E-state index contributed by atoms with van der Waals surface area (Å²) in [6.45, 7) is 32.2. The number of aldehydes is 1. The minimum atomic E-state index is -0.796. The second-order valence-electron chi connectivity index (χ2n) is 21.6. The number of hydrazine groups is 1. The van der Waals surface area contributed by atoms with Gasteiger partial charge in [-0.15, -0.1) is 0 Å². The Kier molecular flexibility index (Phi) is 22.7. The number of pyridine rings is 1. The number of carbonyl (C=O) groups is 2. The van der Waals surface area contributed by atoms with Gasteiger partial charge in [0.15, 0.2) is 0 Å². The number of methoxy groups -OCH3 is 1. The van der Waals surface area contributed by atoms with E-state index in [0.29, 0.717) is 45.7 Å². The van der Waals surface area contributed by atoms with Crippen molar-refractivity contribution in [2.75, 3.05) is 122 Å². The van der Waals surface area contributed by atoms with Crippen LogP contribution in [-0.4, -0.2) is 172 Å². The van der Waals surface area contributed by atoms with Crippen LogP contribution in [0.15, 0.2) is 30.5 Å². The molecule has 3 unspecified atom stereocenters. The van der Waals surface area contributed by atoms with Crippen LogP contribution in [0, 0.1) is 10.8 Å². The number of piperazine rings is 1. The van der Waals surface area contributed by atoms with Gasteiger partial charge >= 0.3 is 14.8 Å². The number of aryl methyl sites for hydroxylation is 1. The topological polar surface area (TPSA) is 166 Å². The molecule has 0 aliphatic carbocycles. The maximum Gasteiger partial charge on any atom is 0.408 e. The minimum absolute atomic E-state index is 0.0730. The number of aliphatic hydroxyl groups excluding tert-OH is 1. The number of hydrogen-bond donors (Lipinski definition) is 3. The summed E-state index contributed by atoms with van der Waals surface area (Å²) in [5, 5.41) is 16.5. The number of amides is 1. The smallest absolute Gasteiger partial charge is 0.408 e. The van der Waals surface area contributed by atoms with Gasteiger partial charge in [-0.1, -0.05) is 34.6 Å². The molecule has 4 fully saturated rings. The fourth-order valence-electron chi connectivity index (χ4n) is 10.4. The quantitative estimate of drug-likeness (QED) is 0.0655. The zero-order valence-electron chi connectivity index (χ0n) is 45.9. The van der Waals surface area contributed by atoms with Crippen LogP contribution in [-0.2, 0) is 41.1 Å². The molecule has 1 spiro atoms. The molecule has 18 heteroatoms. The highest BCUT2D eigenvalue weighted by Gasteiger charge is 2.52. The van der Waals surface area contributed by atoms with E-state index < -0.39 is 23.2 Å². The van der Waals surface area contributed by atoms with Crippen LogP contribution in [0.1, 0.15) is 112 Å². The lowest BCUT2D eigenvalue weighted by molar-refractivity contribution is -0.200. The average molecular weight is 1020 g/mol. The Hall–Kier alpha value is -3.77. The number of nitrogens with zero attached hydrogens (tertiary/aromatic N) is 7. The van der Waals surface area contributed by atoms with Crippen LogP contribution in [0.25, 0.3) is 22.2 Å². The molecule has 6 heterocycles. The molecule has 72 heavy (non-hydrogen) atoms. The van der Waals surface area contributed by atoms with Crippen molar-refractivity contribution in [3.05, 3.63) is 41.7 Å². The number of anilines is 2. The molecule has 1 amide bonds. The van der Waals surface area contributed by atoms with Crippen molar-refractivity contribution in [3.8, 4) is 11.3 Å². The van der Waals surface area contributed by atoms with Crippen LogP contribution in [0.3, 0.4) is 0 Å². The van der Waals surface area contributed by atoms with Crippen LogP contribution in [0.4, 0.5) is 16.2 Å². The largest absolute Gasteiger partial charge is 0.444 e. The van der Waals surface area contributed by atoms with Crippen molar-refractivity contribution in [3.63, 3.8) is 0 Å². The van der Waals surface area contributed by atoms with Crippen molar-refractivity contribution < 1.29 is 38.0 Å². The maximum atomic E-state index is 13.0. The highest BCUT2D eigenvalue weighted by molar-refractivity contribution is 7.17. The van der Waals surface area contributed by atoms with Crippen molar-refractivity contribution in [2.24, 2.45) is 10.8 Å². The zero-order chi connectivity index (χ0) is 52.6. The van der Waals surface area contributed by atoms with Gasteiger partial charge in [-0.05, 0) is 109 Å². The van der Waals surface area contributed by atoms with Gasteiger partial charge in [0.05, 0.1) is 55.8 Å². The van der Waals surface area contributed by atoms with Gasteiger partial charge in [-0.25, -0.2) is 14.4 Å². The molecule has 0 radical (unpaired) electrons. The Morgan fingerprint density at radius 3 is 2.32 bits per heavy atom. The highest BCUT2D eigenvalue weighted by atomic mass is 31.1. The highest BCUT2D eigenvalue weighted by Crippen LogP contribution is 2.44. The molecular formula is C54H90N9O8P. The van der Waals surface area contributed by atoms with Crippen molar-refractivity contribution >= 4 is 43.3 Å². The summed E-state index contributed by atoms with van der Waals surface area (Å²) in [5.41, 5.74) is 9.34. The predicted molar refractivity (Wildman–Crippen MR) is 289 cm³/mol. The number of carbonyl (C=O) groups excluding carboxylic acids is 2. The molecule has 3 aromatic rings. The molecule has 17 nitrogen and oxygen atoms in total. The fourth-order valence-corrected chi connectivity index (χ4v) is 10.8. The lowest BCUT2D eigenvalue weighted by Gasteiger charge is -2.58. The molecule has 4 aliphatic rings. The van der Waals surface area contributed by atoms with Gasteiger partial charge in [0.1, 0.15) is 17.9 Å². The molecule has 2 aromatic heterocycles. The van der Waals surface area contributed by atoms with Crippen LogP contribution in [0.5, 0.6) is 0 Å². The van der Waals surface area contributed by atoms with E-state index in [4.69, 9.17) is 23.7 Å². The molecule has 404 valence electrons. The Bertz CT molecular complexity index is 2160. The minimum Gasteiger partial charge on any atom is -0.444 e. The summed E-state index contributed by atoms with van der Waals surface area (Å²) >= 11 is 0. The van der Waals surface area contributed by atoms with Crippen LogP contribution in [0.2, 0.25) is 0 Å². The SMILES string of the molecule is CC.CCCN1CCN(c2cnc(C(C)OC)c(-c3c(CC(C)(C)COP=O)c4cc(N(CCO)CCC(C(C=O)NC(=O)OC(C)(C)C)N5CC6(COC6)C5)ccc4n3CC)c2)CC1.CN1CCCCN1. The fraction of sp³-hybridized carbons (Fsp3) is 0.722. The summed E-state index contributed by atoms with van der Waals surface area (Å²) < 4.78 is 36.6. The van der Waals surface area contributed by atoms with Gasteiger partial charge in [0.2, 0.25) is 0 Å². The monoisotopic (exact) mass is 1020 g/mol. The summed E-state index contributed by atoms with van der Waals surface area (Å²) in [6.07, 6.45) is 6.89. The number of hydrogen-bond acceptors (Lipinski definition) is 15. The maximum absolute atomic E-state index is 13.0. The van der Waals surface area contributed by atoms with Gasteiger partial charge < -0.3 is 43.8 Å². The first-order valence-electron chi connectivity index (χ1n) is 26.6. The van der Waals surface area contributed by atoms with Crippen molar-refractivity contribution in [2.45, 2.75) is 132 Å². The van der Waals surface area contributed by atoms with E-state index in [1.807, 2.05) is 27.0 Å². The molecule has 3 atom stereocenters. The summed E-state index contributed by atoms with van der Waals surface area (Å²) in [4.78, 5) is 40.2. The second kappa shape index (κ2) is 27.7. The number of fused-ring (bicyclic) bond motifs is 1. The number of aromatic nitrogens is 2. The number of benzene rings is 1. The standard InChI is InChI=1S/C47H72N7O8P.C5H12N2.C2H6/c1-10-15-50-17-19-52(20-18-50)35-24-37(42(48-26-35)33(3)59-9)43-38(25-46(7,8)30-61-63-58)36-23-34(12-13-40(36)54(43)11-2)51(21-22-55)16-14-41(53-28-47(29-53)31-60-32-47)39(27-56)49-44(57)62-45(4,5)6;1-7-5-3-2-4-6-7;1-2/h12-13,23-24,26-27,33,39,41,55H,10-11,14-22,25,28-32H2,1-9H3,(H,49,57);6H,2-5H2,1H3;1-2H3. The van der Waals surface area contributed by atoms with Crippen LogP contribution >= 0.6 is 8.69 Å². The first kappa shape index (κ1) is 59.1. The third kappa shape index (κ3) is 15.6. The molecule has 1 aromatic carbocycles. The van der Waals surface area contributed by atoms with Crippen LogP contribution < -0.4 is 20.5 Å². The number of nitrogens with one attached hydrogen (secondary N) is 2. The molecule has 0 bridgehead atoms. The molecular weight excluding hydrogens is 934 g/mol. The van der Waals surface area contributed by atoms with Gasteiger partial charge in [0.25, 0.3) is 0 Å². The Balaban J connectivity index is 0.000000972. The van der Waals surface area contributed by atoms with Gasteiger partial charge in [-0.2, -0.15) is 0 Å². The number of rotatable bonds is 22. The lowest BCUT2D eigenvalue weighted by Crippen LogP contribution is -2.71. The van der Waals surface area contributed by atoms with E-state index in [2.05, 4.69) is 98.9 Å². The van der Waals surface area contributed by atoms with E-state index in [1.165, 1.54) is 19.4 Å². The third-order valence-electron chi connectivity index (χ3n) is 14.1. The first-order chi connectivity index (χ1) is 34.5. The van der Waals surface area contributed by atoms with Crippen molar-refractivity contribution in [1.29, 1.82) is 0 Å². The lowest BCUT2D eigenvalue weighted by atomic mass is 9.76. The number of alkyl carbamates (subject to hydrolysis) is 1. The molecule has 4 aliphatic heterocycles. The molecule has 0 saturated carbocycles. The first-order valence-corrected chi connectivity index (χ1v) is 27.4. The van der Waals surface area contributed by atoms with Crippen molar-refractivity contribution in [1.82, 2.24) is 35.1 Å². The summed E-state index contributed by atoms with van der Waals surface area (Å²) in [5.74, 6) is 0. The van der Waals surface area contributed by atoms with E-state index >= 15 is 0 Å². The zero-order valence-corrected chi connectivity index (χ0v) is 46.8. The van der Waals surface area contributed by atoms with E-state index in [9.17, 15) is 19.3 Å². The molecule has 3 N–H and O–H groups in total. The van der Waals surface area contributed by atoms with E-state index in [0.717, 1.165) is 110 Å². The number of aliphatic hydroxyl groups is 1. The Morgan fingerprint density at radius 1 is 1.06 bits per heavy atom. The Morgan fingerprint density at radius 2 is 1.78 bits per heavy atom. The second-order valence-corrected chi connectivity index (χ2v) is 22.0. The van der Waals surface area contributed by atoms with E-state index in [1.54, 1.807) is 27.9 Å². The van der Waals surface area contributed by atoms with E-state index in [-0.39, 0.29) is 39.5 Å². The summed E-state index contributed by atoms with van der Waals surface area (Å²) in [7, 11) is 3.44. The number of likely N-dealkylation sites (tertiary alicyclic amines) is 1. The summed E-state index contributed by atoms with van der Waals surface area (Å²) in [6, 6.07) is 7.70. The third-order valence-corrected chi connectivity index (χ3v) is 14.4. The molecule has 4 saturated heterocycles. The van der Waals surface area contributed by atoms with Gasteiger partial charge in [0, 0.05) is 120 Å². The normalized spacial score (nSPS) is 18.8.